The van der Waals surface area contributed by atoms with Crippen LogP contribution in [0.2, 0.25) is 5.28 Å². The average Bonchev–Trinajstić information content (AvgIpc) is 2.90. The third kappa shape index (κ3) is 4.11. The Morgan fingerprint density at radius 1 is 1.32 bits per heavy atom. The van der Waals surface area contributed by atoms with Crippen LogP contribution in [0, 0.1) is 0 Å². The lowest BCUT2D eigenvalue weighted by molar-refractivity contribution is 0.295. The molecule has 8 heteroatoms. The topological polar surface area (TPSA) is 77.0 Å². The van der Waals surface area contributed by atoms with E-state index in [1.54, 1.807) is 0 Å². The Morgan fingerprint density at radius 3 is 2.72 bits per heavy atom. The summed E-state index contributed by atoms with van der Waals surface area (Å²) < 4.78 is 19.8. The molecule has 3 aromatic rings. The Kier molecular flexibility index (Phi) is 5.56. The van der Waals surface area contributed by atoms with Gasteiger partial charge in [-0.2, -0.15) is 4.98 Å². The maximum absolute atomic E-state index is 13.4. The number of rotatable bonds is 6. The molecule has 2 heterocycles. The molecule has 5 nitrogen and oxygen atoms in total. The van der Waals surface area contributed by atoms with Crippen LogP contribution in [-0.2, 0) is 13.0 Å². The summed E-state index contributed by atoms with van der Waals surface area (Å²) in [6.45, 7) is 1.97. The number of hydrogen-bond donors (Lipinski definition) is 2. The second-order valence-electron chi connectivity index (χ2n) is 5.74. The number of furan rings is 1. The van der Waals surface area contributed by atoms with Crippen LogP contribution in [0.25, 0.3) is 11.1 Å². The van der Waals surface area contributed by atoms with Crippen LogP contribution >= 0.6 is 27.5 Å². The van der Waals surface area contributed by atoms with E-state index in [-0.39, 0.29) is 11.7 Å². The Bertz CT molecular complexity index is 872. The van der Waals surface area contributed by atoms with Gasteiger partial charge in [-0.05, 0) is 40.0 Å². The number of nitrogens with zero attached hydrogens (tertiary/aromatic N) is 2. The minimum Gasteiger partial charge on any atom is -0.454 e. The molecule has 2 aromatic heterocycles. The summed E-state index contributed by atoms with van der Waals surface area (Å²) in [6, 6.07) is 9.20. The molecule has 0 saturated carbocycles. The predicted octanol–water partition coefficient (Wildman–Crippen LogP) is 4.48. The van der Waals surface area contributed by atoms with Crippen molar-refractivity contribution in [1.82, 2.24) is 9.97 Å². The minimum absolute atomic E-state index is 0.0965. The number of hydrogen-bond acceptors (Lipinski definition) is 5. The van der Waals surface area contributed by atoms with Crippen molar-refractivity contribution < 1.29 is 8.81 Å². The fraction of sp³-hybridized carbons (Fsp3) is 0.294. The molecule has 2 atom stereocenters. The summed E-state index contributed by atoms with van der Waals surface area (Å²) in [7, 11) is 0. The zero-order chi connectivity index (χ0) is 18.0. The second kappa shape index (κ2) is 7.68. The lowest BCUT2D eigenvalue weighted by Crippen LogP contribution is -2.31. The summed E-state index contributed by atoms with van der Waals surface area (Å²) in [5, 5.41) is 3.30. The van der Waals surface area contributed by atoms with Crippen LogP contribution in [0.3, 0.4) is 0 Å². The van der Waals surface area contributed by atoms with Crippen LogP contribution in [-0.4, -0.2) is 22.2 Å². The summed E-state index contributed by atoms with van der Waals surface area (Å²) >= 11 is 9.48. The third-order valence-electron chi connectivity index (χ3n) is 3.83. The summed E-state index contributed by atoms with van der Waals surface area (Å²) in [5.74, 6) is 0.999. The van der Waals surface area contributed by atoms with E-state index in [2.05, 4.69) is 31.2 Å². The molecule has 0 unspecified atom stereocenters. The van der Waals surface area contributed by atoms with Gasteiger partial charge in [0.25, 0.3) is 0 Å². The van der Waals surface area contributed by atoms with Crippen LogP contribution in [0.15, 0.2) is 39.2 Å². The van der Waals surface area contributed by atoms with E-state index in [1.807, 2.05) is 30.3 Å². The number of benzene rings is 1. The van der Waals surface area contributed by atoms with Crippen molar-refractivity contribution in [2.45, 2.75) is 32.1 Å². The lowest BCUT2D eigenvalue weighted by atomic mass is 10.1. The van der Waals surface area contributed by atoms with Gasteiger partial charge in [-0.15, -0.1) is 0 Å². The third-order valence-corrected chi connectivity index (χ3v) is 4.82. The molecule has 25 heavy (non-hydrogen) atoms. The van der Waals surface area contributed by atoms with E-state index in [0.29, 0.717) is 33.7 Å². The molecule has 132 valence electrons. The Hall–Kier alpha value is -1.70. The van der Waals surface area contributed by atoms with Crippen LogP contribution in [0.4, 0.5) is 10.2 Å². The normalized spacial score (nSPS) is 13.8. The number of fused-ring (bicyclic) bond motifs is 1. The maximum atomic E-state index is 13.4. The molecule has 0 aliphatic rings. The zero-order valence-corrected chi connectivity index (χ0v) is 15.8. The SMILES string of the molecule is C[C@H](F)[C@H](N)Cc1oc2c(NCc3ccccc3)nc(Cl)nc2c1Br. The first-order valence-corrected chi connectivity index (χ1v) is 8.94. The number of halogens is 3. The Balaban J connectivity index is 1.92. The fourth-order valence-corrected chi connectivity index (χ4v) is 3.06. The van der Waals surface area contributed by atoms with Crippen molar-refractivity contribution in [1.29, 1.82) is 0 Å². The number of nitrogens with one attached hydrogen (secondary N) is 1. The minimum atomic E-state index is -1.15. The number of anilines is 1. The first kappa shape index (κ1) is 18.1. The van der Waals surface area contributed by atoms with Gasteiger partial charge in [0.2, 0.25) is 5.28 Å². The van der Waals surface area contributed by atoms with E-state index >= 15 is 0 Å². The Labute approximate surface area is 157 Å². The molecule has 3 rings (SSSR count). The molecule has 0 amide bonds. The molecule has 1 aromatic carbocycles. The van der Waals surface area contributed by atoms with E-state index in [9.17, 15) is 4.39 Å². The molecule has 0 radical (unpaired) electrons. The van der Waals surface area contributed by atoms with Gasteiger partial charge in [-0.3, -0.25) is 0 Å². The molecule has 0 aliphatic carbocycles. The smallest absolute Gasteiger partial charge is 0.225 e. The van der Waals surface area contributed by atoms with Gasteiger partial charge in [0.05, 0.1) is 4.47 Å². The van der Waals surface area contributed by atoms with Crippen LogP contribution in [0.1, 0.15) is 18.2 Å². The van der Waals surface area contributed by atoms with E-state index in [4.69, 9.17) is 21.8 Å². The quantitative estimate of drug-likeness (QED) is 0.567. The number of aromatic nitrogens is 2. The fourth-order valence-electron chi connectivity index (χ4n) is 2.38. The van der Waals surface area contributed by atoms with Gasteiger partial charge in [0.15, 0.2) is 11.4 Å². The first-order chi connectivity index (χ1) is 12.0. The summed E-state index contributed by atoms with van der Waals surface area (Å²) in [5.41, 5.74) is 7.89. The average molecular weight is 428 g/mol. The molecular formula is C17H17BrClFN4O. The molecule has 0 fully saturated rings. The standard InChI is InChI=1S/C17H17BrClFN4O/c1-9(20)11(21)7-12-13(18)14-15(25-12)16(24-17(19)23-14)22-8-10-5-3-2-4-6-10/h2-6,9,11H,7-8,21H2,1H3,(H,22,23,24)/t9-,11+/m0/s1. The largest absolute Gasteiger partial charge is 0.454 e. The van der Waals surface area contributed by atoms with Gasteiger partial charge >= 0.3 is 0 Å². The van der Waals surface area contributed by atoms with E-state index in [1.165, 1.54) is 6.92 Å². The molecule has 0 aliphatic heterocycles. The summed E-state index contributed by atoms with van der Waals surface area (Å²) in [4.78, 5) is 8.41. The van der Waals surface area contributed by atoms with Gasteiger partial charge in [0, 0.05) is 19.0 Å². The van der Waals surface area contributed by atoms with E-state index in [0.717, 1.165) is 5.56 Å². The maximum Gasteiger partial charge on any atom is 0.225 e. The highest BCUT2D eigenvalue weighted by Crippen LogP contribution is 2.34. The molecule has 0 saturated heterocycles. The second-order valence-corrected chi connectivity index (χ2v) is 6.87. The van der Waals surface area contributed by atoms with Crippen molar-refractivity contribution in [3.8, 4) is 0 Å². The van der Waals surface area contributed by atoms with Crippen molar-refractivity contribution in [2.24, 2.45) is 5.73 Å². The lowest BCUT2D eigenvalue weighted by Gasteiger charge is -2.10. The Morgan fingerprint density at radius 2 is 2.04 bits per heavy atom. The highest BCUT2D eigenvalue weighted by atomic mass is 79.9. The van der Waals surface area contributed by atoms with Gasteiger partial charge in [0.1, 0.15) is 17.4 Å². The zero-order valence-electron chi connectivity index (χ0n) is 13.5. The van der Waals surface area contributed by atoms with Gasteiger partial charge in [-0.1, -0.05) is 30.3 Å². The molecule has 3 N–H and O–H groups in total. The monoisotopic (exact) mass is 426 g/mol. The van der Waals surface area contributed by atoms with Crippen molar-refractivity contribution in [2.75, 3.05) is 5.32 Å². The van der Waals surface area contributed by atoms with Gasteiger partial charge < -0.3 is 15.5 Å². The number of nitrogens with two attached hydrogens (primary N) is 1. The highest BCUT2D eigenvalue weighted by molar-refractivity contribution is 9.10. The highest BCUT2D eigenvalue weighted by Gasteiger charge is 2.22. The predicted molar refractivity (Wildman–Crippen MR) is 101 cm³/mol. The van der Waals surface area contributed by atoms with Crippen molar-refractivity contribution in [3.05, 3.63) is 51.4 Å². The van der Waals surface area contributed by atoms with Crippen LogP contribution in [0.5, 0.6) is 0 Å². The van der Waals surface area contributed by atoms with E-state index < -0.39 is 12.2 Å². The van der Waals surface area contributed by atoms with Crippen LogP contribution < -0.4 is 11.1 Å². The summed E-state index contributed by atoms with van der Waals surface area (Å²) in [6.07, 6.45) is -0.907. The number of alkyl halides is 1. The molecule has 0 spiro atoms. The van der Waals surface area contributed by atoms with Crippen molar-refractivity contribution >= 4 is 44.4 Å². The van der Waals surface area contributed by atoms with Gasteiger partial charge in [-0.25, -0.2) is 9.37 Å². The molecular weight excluding hydrogens is 411 g/mol. The van der Waals surface area contributed by atoms with Crippen molar-refractivity contribution in [3.63, 3.8) is 0 Å². The molecule has 0 bridgehead atoms. The first-order valence-electron chi connectivity index (χ1n) is 7.77.